The summed E-state index contributed by atoms with van der Waals surface area (Å²) in [6.45, 7) is 4.05. The van der Waals surface area contributed by atoms with Crippen molar-refractivity contribution < 1.29 is 0 Å². The molecular formula is C22H20BrClN6O. The molecule has 0 bridgehead atoms. The van der Waals surface area contributed by atoms with Crippen molar-refractivity contribution in [3.63, 3.8) is 0 Å². The molecule has 0 aliphatic carbocycles. The molecule has 0 N–H and O–H groups in total. The van der Waals surface area contributed by atoms with E-state index in [1.165, 1.54) is 4.68 Å². The minimum atomic E-state index is -0.302. The zero-order valence-electron chi connectivity index (χ0n) is 16.7. The van der Waals surface area contributed by atoms with Crippen molar-refractivity contribution in [1.82, 2.24) is 24.1 Å². The number of nitrogens with zero attached hydrogens (tertiary/aromatic N) is 6. The molecule has 9 heteroatoms. The quantitative estimate of drug-likeness (QED) is 0.429. The highest BCUT2D eigenvalue weighted by Crippen LogP contribution is 2.23. The molecule has 1 aliphatic rings. The van der Waals surface area contributed by atoms with Gasteiger partial charge in [-0.3, -0.25) is 9.69 Å². The molecule has 3 aromatic heterocycles. The second kappa shape index (κ2) is 8.45. The van der Waals surface area contributed by atoms with Gasteiger partial charge in [0.15, 0.2) is 0 Å². The Labute approximate surface area is 192 Å². The maximum Gasteiger partial charge on any atom is 0.292 e. The summed E-state index contributed by atoms with van der Waals surface area (Å²) >= 11 is 9.95. The Balaban J connectivity index is 1.28. The van der Waals surface area contributed by atoms with Crippen LogP contribution in [0.1, 0.15) is 5.69 Å². The number of para-hydroxylation sites is 1. The number of hydrogen-bond acceptors (Lipinski definition) is 5. The van der Waals surface area contributed by atoms with Crippen LogP contribution in [0.2, 0.25) is 5.02 Å². The minimum Gasteiger partial charge on any atom is -0.366 e. The summed E-state index contributed by atoms with van der Waals surface area (Å²) in [5, 5.41) is 4.56. The summed E-state index contributed by atoms with van der Waals surface area (Å²) in [6.07, 6.45) is 5.76. The van der Waals surface area contributed by atoms with Crippen molar-refractivity contribution in [3.8, 4) is 5.69 Å². The third-order valence-electron chi connectivity index (χ3n) is 5.46. The van der Waals surface area contributed by atoms with E-state index in [0.29, 0.717) is 11.4 Å². The fraction of sp³-hybridized carbons (Fsp3) is 0.227. The van der Waals surface area contributed by atoms with Gasteiger partial charge in [-0.25, -0.2) is 4.98 Å². The Hall–Kier alpha value is -2.68. The van der Waals surface area contributed by atoms with Crippen molar-refractivity contribution >= 4 is 38.9 Å². The zero-order chi connectivity index (χ0) is 21.4. The van der Waals surface area contributed by atoms with Gasteiger partial charge >= 0.3 is 0 Å². The Kier molecular flexibility index (Phi) is 5.52. The Morgan fingerprint density at radius 2 is 1.77 bits per heavy atom. The molecule has 4 aromatic rings. The molecule has 1 saturated heterocycles. The predicted molar refractivity (Wildman–Crippen MR) is 125 cm³/mol. The lowest BCUT2D eigenvalue weighted by Crippen LogP contribution is -2.46. The van der Waals surface area contributed by atoms with Gasteiger partial charge in [0.05, 0.1) is 23.3 Å². The van der Waals surface area contributed by atoms with Crippen molar-refractivity contribution in [3.05, 3.63) is 86.6 Å². The highest BCUT2D eigenvalue weighted by Gasteiger charge is 2.22. The van der Waals surface area contributed by atoms with E-state index in [4.69, 9.17) is 16.6 Å². The molecule has 1 aliphatic heterocycles. The number of aromatic nitrogens is 4. The average Bonchev–Trinajstić information content (AvgIpc) is 3.18. The van der Waals surface area contributed by atoms with Crippen LogP contribution in [-0.2, 0) is 6.54 Å². The van der Waals surface area contributed by atoms with Crippen LogP contribution in [0.4, 0.5) is 5.69 Å². The Bertz CT molecular complexity index is 1280. The largest absolute Gasteiger partial charge is 0.366 e. The molecular weight excluding hydrogens is 480 g/mol. The number of halogens is 2. The van der Waals surface area contributed by atoms with Crippen LogP contribution in [0, 0.1) is 0 Å². The monoisotopic (exact) mass is 498 g/mol. The number of fused-ring (bicyclic) bond motifs is 1. The van der Waals surface area contributed by atoms with Gasteiger partial charge in [-0.15, -0.1) is 0 Å². The summed E-state index contributed by atoms with van der Waals surface area (Å²) in [5.41, 5.74) is 3.07. The lowest BCUT2D eigenvalue weighted by Gasteiger charge is -2.35. The van der Waals surface area contributed by atoms with Gasteiger partial charge in [-0.2, -0.15) is 9.78 Å². The molecule has 7 nitrogen and oxygen atoms in total. The summed E-state index contributed by atoms with van der Waals surface area (Å²) in [7, 11) is 0. The molecule has 158 valence electrons. The lowest BCUT2D eigenvalue weighted by molar-refractivity contribution is 0.247. The number of hydrogen-bond donors (Lipinski definition) is 0. The van der Waals surface area contributed by atoms with Crippen LogP contribution >= 0.6 is 27.5 Å². The van der Waals surface area contributed by atoms with E-state index < -0.39 is 0 Å². The molecule has 31 heavy (non-hydrogen) atoms. The van der Waals surface area contributed by atoms with E-state index in [0.717, 1.165) is 48.5 Å². The van der Waals surface area contributed by atoms with Crippen LogP contribution in [0.25, 0.3) is 11.3 Å². The van der Waals surface area contributed by atoms with Gasteiger partial charge in [0.2, 0.25) is 0 Å². The summed E-state index contributed by atoms with van der Waals surface area (Å²) < 4.78 is 4.39. The molecule has 0 radical (unpaired) electrons. The number of imidazole rings is 1. The summed E-state index contributed by atoms with van der Waals surface area (Å²) in [6, 6.07) is 13.3. The molecule has 1 fully saturated rings. The van der Waals surface area contributed by atoms with Crippen LogP contribution in [0.15, 0.2) is 70.3 Å². The van der Waals surface area contributed by atoms with Crippen LogP contribution in [0.5, 0.6) is 0 Å². The van der Waals surface area contributed by atoms with Crippen LogP contribution in [-0.4, -0.2) is 50.2 Å². The molecule has 1 aromatic carbocycles. The van der Waals surface area contributed by atoms with Crippen LogP contribution in [0.3, 0.4) is 0 Å². The molecule has 0 saturated carbocycles. The highest BCUT2D eigenvalue weighted by molar-refractivity contribution is 9.10. The topological polar surface area (TPSA) is 58.7 Å². The van der Waals surface area contributed by atoms with E-state index in [1.807, 2.05) is 53.1 Å². The molecule has 0 amide bonds. The van der Waals surface area contributed by atoms with Crippen molar-refractivity contribution in [2.75, 3.05) is 31.1 Å². The van der Waals surface area contributed by atoms with Gasteiger partial charge in [0, 0.05) is 49.6 Å². The second-order valence-corrected chi connectivity index (χ2v) is 8.80. The fourth-order valence-corrected chi connectivity index (χ4v) is 4.47. The first-order chi connectivity index (χ1) is 15.1. The molecule has 4 heterocycles. The van der Waals surface area contributed by atoms with E-state index >= 15 is 0 Å². The number of benzene rings is 1. The first kappa shape index (κ1) is 20.2. The fourth-order valence-electron chi connectivity index (χ4n) is 3.87. The van der Waals surface area contributed by atoms with Crippen molar-refractivity contribution in [2.45, 2.75) is 6.54 Å². The predicted octanol–water partition coefficient (Wildman–Crippen LogP) is 3.62. The van der Waals surface area contributed by atoms with Crippen molar-refractivity contribution in [2.24, 2.45) is 0 Å². The van der Waals surface area contributed by atoms with Crippen molar-refractivity contribution in [1.29, 1.82) is 0 Å². The van der Waals surface area contributed by atoms with E-state index in [1.54, 1.807) is 6.20 Å². The highest BCUT2D eigenvalue weighted by atomic mass is 79.9. The lowest BCUT2D eigenvalue weighted by atomic mass is 10.2. The first-order valence-corrected chi connectivity index (χ1v) is 11.2. The number of rotatable bonds is 4. The third-order valence-corrected chi connectivity index (χ3v) is 6.29. The number of piperazine rings is 1. The van der Waals surface area contributed by atoms with Gasteiger partial charge in [-0.05, 0) is 40.2 Å². The average molecular weight is 500 g/mol. The zero-order valence-corrected chi connectivity index (χ0v) is 19.0. The molecule has 5 rings (SSSR count). The maximum atomic E-state index is 12.8. The van der Waals surface area contributed by atoms with Gasteiger partial charge in [0.25, 0.3) is 5.56 Å². The van der Waals surface area contributed by atoms with Gasteiger partial charge < -0.3 is 9.30 Å². The summed E-state index contributed by atoms with van der Waals surface area (Å²) in [5.74, 6) is 0. The van der Waals surface area contributed by atoms with Gasteiger partial charge in [-0.1, -0.05) is 29.8 Å². The van der Waals surface area contributed by atoms with E-state index in [-0.39, 0.29) is 10.6 Å². The normalized spacial score (nSPS) is 15.0. The molecule has 0 unspecified atom stereocenters. The molecule has 0 atom stereocenters. The number of pyridine rings is 1. The third kappa shape index (κ3) is 4.11. The first-order valence-electron chi connectivity index (χ1n) is 10.0. The van der Waals surface area contributed by atoms with E-state index in [2.05, 4.69) is 37.0 Å². The summed E-state index contributed by atoms with van der Waals surface area (Å²) in [4.78, 5) is 22.0. The second-order valence-electron chi connectivity index (χ2n) is 7.50. The number of anilines is 1. The SMILES string of the molecule is O=c1c(Cl)c(N2CCN(Cc3cn4cc(Br)ccc4n3)CC2)cnn1-c1ccccc1. The standard InChI is InChI=1S/C22H20BrClN6O/c23-16-6-7-20-26-17(15-29(20)13-16)14-27-8-10-28(11-9-27)19-12-25-30(22(31)21(19)24)18-4-2-1-3-5-18/h1-7,12-13,15H,8-11,14H2. The Morgan fingerprint density at radius 1 is 1.00 bits per heavy atom. The smallest absolute Gasteiger partial charge is 0.292 e. The van der Waals surface area contributed by atoms with E-state index in [9.17, 15) is 4.79 Å². The maximum absolute atomic E-state index is 12.8. The molecule has 0 spiro atoms. The Morgan fingerprint density at radius 3 is 2.55 bits per heavy atom. The minimum absolute atomic E-state index is 0.207. The van der Waals surface area contributed by atoms with Crippen LogP contribution < -0.4 is 10.5 Å². The van der Waals surface area contributed by atoms with Gasteiger partial charge in [0.1, 0.15) is 10.7 Å².